The van der Waals surface area contributed by atoms with Gasteiger partial charge in [0.15, 0.2) is 0 Å². The second kappa shape index (κ2) is 6.03. The molecule has 0 radical (unpaired) electrons. The van der Waals surface area contributed by atoms with E-state index >= 15 is 0 Å². The van der Waals surface area contributed by atoms with Crippen LogP contribution in [0.15, 0.2) is 35.1 Å². The zero-order chi connectivity index (χ0) is 13.1. The Kier molecular flexibility index (Phi) is 4.15. The molecule has 1 aromatic carbocycles. The molecule has 0 aliphatic carbocycles. The van der Waals surface area contributed by atoms with Gasteiger partial charge in [0.05, 0.1) is 10.6 Å². The van der Waals surface area contributed by atoms with Crippen LogP contribution in [0, 0.1) is 0 Å². The second-order valence-corrected chi connectivity index (χ2v) is 6.97. The topological polar surface area (TPSA) is 41.1 Å². The molecule has 0 spiro atoms. The van der Waals surface area contributed by atoms with Gasteiger partial charge in [-0.15, -0.1) is 23.5 Å². The Hall–Kier alpha value is -0.910. The molecule has 1 saturated heterocycles. The number of thioether (sulfide) groups is 2. The van der Waals surface area contributed by atoms with E-state index in [1.54, 1.807) is 0 Å². The van der Waals surface area contributed by atoms with Crippen molar-refractivity contribution in [1.82, 2.24) is 5.32 Å². The number of carbonyl (C=O) groups excluding carboxylic acids is 1. The molecule has 2 aliphatic rings. The SMILES string of the molecule is O=C(Nc1ccc(C2SC=CS2)cc1)[C@H]1CCCN1. The van der Waals surface area contributed by atoms with Crippen molar-refractivity contribution < 1.29 is 4.79 Å². The number of rotatable bonds is 3. The van der Waals surface area contributed by atoms with Crippen molar-refractivity contribution in [3.8, 4) is 0 Å². The van der Waals surface area contributed by atoms with Gasteiger partial charge in [-0.3, -0.25) is 4.79 Å². The summed E-state index contributed by atoms with van der Waals surface area (Å²) in [5.41, 5.74) is 2.17. The van der Waals surface area contributed by atoms with Crippen LogP contribution in [-0.4, -0.2) is 18.5 Å². The first kappa shape index (κ1) is 13.1. The zero-order valence-electron chi connectivity index (χ0n) is 10.5. The van der Waals surface area contributed by atoms with Crippen molar-refractivity contribution in [1.29, 1.82) is 0 Å². The van der Waals surface area contributed by atoms with Crippen molar-refractivity contribution in [3.63, 3.8) is 0 Å². The molecule has 2 aliphatic heterocycles. The molecule has 3 nitrogen and oxygen atoms in total. The fourth-order valence-electron chi connectivity index (χ4n) is 2.26. The standard InChI is InChI=1S/C14H16N2OS2/c17-13(12-2-1-7-15-12)16-11-5-3-10(4-6-11)14-18-8-9-19-14/h3-6,8-9,12,14-15H,1-2,7H2,(H,16,17)/t12-/m1/s1. The summed E-state index contributed by atoms with van der Waals surface area (Å²) in [6, 6.07) is 8.14. The number of benzene rings is 1. The molecule has 0 bridgehead atoms. The third-order valence-corrected chi connectivity index (χ3v) is 5.75. The van der Waals surface area contributed by atoms with E-state index in [9.17, 15) is 4.79 Å². The predicted molar refractivity (Wildman–Crippen MR) is 83.2 cm³/mol. The first-order valence-electron chi connectivity index (χ1n) is 6.43. The maximum absolute atomic E-state index is 12.0. The molecule has 1 amide bonds. The Morgan fingerprint density at radius 3 is 2.58 bits per heavy atom. The highest BCUT2D eigenvalue weighted by molar-refractivity contribution is 8.21. The molecule has 0 saturated carbocycles. The molecule has 1 fully saturated rings. The Bertz CT molecular complexity index is 473. The maximum Gasteiger partial charge on any atom is 0.241 e. The van der Waals surface area contributed by atoms with E-state index < -0.39 is 0 Å². The Labute approximate surface area is 121 Å². The second-order valence-electron chi connectivity index (χ2n) is 4.64. The summed E-state index contributed by atoms with van der Waals surface area (Å²) in [5.74, 6) is 0.0801. The summed E-state index contributed by atoms with van der Waals surface area (Å²) in [6.07, 6.45) is 2.02. The molecule has 1 atom stereocenters. The highest BCUT2D eigenvalue weighted by Gasteiger charge is 2.22. The van der Waals surface area contributed by atoms with Gasteiger partial charge in [-0.1, -0.05) is 12.1 Å². The fourth-order valence-corrected chi connectivity index (χ4v) is 4.33. The Morgan fingerprint density at radius 2 is 1.95 bits per heavy atom. The minimum Gasteiger partial charge on any atom is -0.325 e. The number of anilines is 1. The number of hydrogen-bond acceptors (Lipinski definition) is 4. The highest BCUT2D eigenvalue weighted by Crippen LogP contribution is 2.46. The lowest BCUT2D eigenvalue weighted by atomic mass is 10.2. The molecule has 100 valence electrons. The number of nitrogens with one attached hydrogen (secondary N) is 2. The van der Waals surface area contributed by atoms with Crippen LogP contribution in [0.3, 0.4) is 0 Å². The summed E-state index contributed by atoms with van der Waals surface area (Å²) in [6.45, 7) is 0.945. The fraction of sp³-hybridized carbons (Fsp3) is 0.357. The lowest BCUT2D eigenvalue weighted by Gasteiger charge is -2.12. The van der Waals surface area contributed by atoms with Gasteiger partial charge in [-0.05, 0) is 47.9 Å². The molecule has 2 heterocycles. The average Bonchev–Trinajstić information content (AvgIpc) is 3.13. The molecule has 1 aromatic rings. The molecular weight excluding hydrogens is 276 g/mol. The Morgan fingerprint density at radius 1 is 1.21 bits per heavy atom. The first-order chi connectivity index (χ1) is 9.33. The molecule has 0 unspecified atom stereocenters. The van der Waals surface area contributed by atoms with Gasteiger partial charge in [0.25, 0.3) is 0 Å². The number of carbonyl (C=O) groups is 1. The minimum absolute atomic E-state index is 0.0233. The molecule has 5 heteroatoms. The normalized spacial score (nSPS) is 22.8. The molecule has 19 heavy (non-hydrogen) atoms. The summed E-state index contributed by atoms with van der Waals surface area (Å²) in [4.78, 5) is 12.0. The van der Waals surface area contributed by atoms with Crippen LogP contribution >= 0.6 is 23.5 Å². The molecule has 2 N–H and O–H groups in total. The van der Waals surface area contributed by atoms with Crippen molar-refractivity contribution in [2.24, 2.45) is 0 Å². The monoisotopic (exact) mass is 292 g/mol. The van der Waals surface area contributed by atoms with Crippen LogP contribution in [-0.2, 0) is 4.79 Å². The van der Waals surface area contributed by atoms with E-state index in [-0.39, 0.29) is 11.9 Å². The summed E-state index contributed by atoms with van der Waals surface area (Å²) >= 11 is 3.64. The Balaban J connectivity index is 1.60. The maximum atomic E-state index is 12.0. The van der Waals surface area contributed by atoms with Crippen LogP contribution in [0.5, 0.6) is 0 Å². The van der Waals surface area contributed by atoms with Crippen molar-refractivity contribution in [2.75, 3.05) is 11.9 Å². The molecule has 3 rings (SSSR count). The van der Waals surface area contributed by atoms with Crippen LogP contribution in [0.1, 0.15) is 23.0 Å². The van der Waals surface area contributed by atoms with Gasteiger partial charge in [0, 0.05) is 5.69 Å². The summed E-state index contributed by atoms with van der Waals surface area (Å²) in [5, 5.41) is 10.4. The smallest absolute Gasteiger partial charge is 0.241 e. The van der Waals surface area contributed by atoms with E-state index in [2.05, 4.69) is 33.6 Å². The molecular formula is C14H16N2OS2. The summed E-state index contributed by atoms with van der Waals surface area (Å²) in [7, 11) is 0. The van der Waals surface area contributed by atoms with Gasteiger partial charge in [-0.2, -0.15) is 0 Å². The van der Waals surface area contributed by atoms with Gasteiger partial charge >= 0.3 is 0 Å². The third kappa shape index (κ3) is 3.16. The number of hydrogen-bond donors (Lipinski definition) is 2. The summed E-state index contributed by atoms with van der Waals surface area (Å²) < 4.78 is 0.459. The van der Waals surface area contributed by atoms with Gasteiger partial charge in [0.1, 0.15) is 0 Å². The van der Waals surface area contributed by atoms with Crippen molar-refractivity contribution in [3.05, 3.63) is 40.6 Å². The van der Waals surface area contributed by atoms with Gasteiger partial charge in [0.2, 0.25) is 5.91 Å². The quantitative estimate of drug-likeness (QED) is 0.896. The van der Waals surface area contributed by atoms with E-state index in [1.807, 2.05) is 35.7 Å². The van der Waals surface area contributed by atoms with E-state index in [1.165, 1.54) is 5.56 Å². The zero-order valence-corrected chi connectivity index (χ0v) is 12.1. The largest absolute Gasteiger partial charge is 0.325 e. The first-order valence-corrected chi connectivity index (χ1v) is 8.32. The lowest BCUT2D eigenvalue weighted by Crippen LogP contribution is -2.35. The predicted octanol–water partition coefficient (Wildman–Crippen LogP) is 3.33. The van der Waals surface area contributed by atoms with Crippen LogP contribution < -0.4 is 10.6 Å². The van der Waals surface area contributed by atoms with Gasteiger partial charge in [-0.25, -0.2) is 0 Å². The van der Waals surface area contributed by atoms with Gasteiger partial charge < -0.3 is 10.6 Å². The van der Waals surface area contributed by atoms with Crippen LogP contribution in [0.2, 0.25) is 0 Å². The lowest BCUT2D eigenvalue weighted by molar-refractivity contribution is -0.117. The minimum atomic E-state index is -0.0233. The van der Waals surface area contributed by atoms with E-state index in [0.717, 1.165) is 25.1 Å². The molecule has 0 aromatic heterocycles. The van der Waals surface area contributed by atoms with Crippen LogP contribution in [0.4, 0.5) is 5.69 Å². The van der Waals surface area contributed by atoms with Crippen LogP contribution in [0.25, 0.3) is 0 Å². The average molecular weight is 292 g/mol. The third-order valence-electron chi connectivity index (χ3n) is 3.29. The van der Waals surface area contributed by atoms with E-state index in [4.69, 9.17) is 0 Å². The van der Waals surface area contributed by atoms with E-state index in [0.29, 0.717) is 4.58 Å². The van der Waals surface area contributed by atoms with Crippen molar-refractivity contribution >= 4 is 35.1 Å². The number of amides is 1. The highest BCUT2D eigenvalue weighted by atomic mass is 32.2. The van der Waals surface area contributed by atoms with Crippen molar-refractivity contribution in [2.45, 2.75) is 23.5 Å².